The highest BCUT2D eigenvalue weighted by atomic mass is 35.5. The normalized spacial score (nSPS) is 17.1. The maximum Gasteiger partial charge on any atom is 0.363 e. The average molecular weight is 514 g/mol. The summed E-state index contributed by atoms with van der Waals surface area (Å²) < 4.78 is 13.1. The van der Waals surface area contributed by atoms with E-state index in [-0.39, 0.29) is 30.0 Å². The molecule has 2 fully saturated rings. The van der Waals surface area contributed by atoms with Crippen molar-refractivity contribution in [3.05, 3.63) is 58.9 Å². The Morgan fingerprint density at radius 2 is 1.64 bits per heavy atom. The summed E-state index contributed by atoms with van der Waals surface area (Å²) in [6.45, 7) is 3.80. The molecule has 0 N–H and O–H groups in total. The Labute approximate surface area is 215 Å². The second-order valence-corrected chi connectivity index (χ2v) is 9.54. The largest absolute Gasteiger partial charge is 0.366 e. The Hall–Kier alpha value is -3.17. The first-order chi connectivity index (χ1) is 17.3. The van der Waals surface area contributed by atoms with E-state index in [0.29, 0.717) is 47.9 Å². The van der Waals surface area contributed by atoms with Crippen LogP contribution < -0.4 is 15.5 Å². The number of hydrogen-bond acceptors (Lipinski definition) is 5. The molecule has 0 unspecified atom stereocenters. The van der Waals surface area contributed by atoms with Gasteiger partial charge in [-0.25, -0.2) is 14.5 Å². The Morgan fingerprint density at radius 3 is 2.31 bits per heavy atom. The number of piperidine rings is 1. The van der Waals surface area contributed by atoms with Crippen LogP contribution in [0.1, 0.15) is 23.2 Å². The van der Waals surface area contributed by atoms with Crippen LogP contribution in [-0.2, 0) is 4.79 Å². The summed E-state index contributed by atoms with van der Waals surface area (Å²) in [6.07, 6.45) is 1.02. The van der Waals surface area contributed by atoms with Gasteiger partial charge in [0, 0.05) is 50.7 Å². The smallest absolute Gasteiger partial charge is 0.363 e. The standard InChI is InChI=1S/C26H29ClFN5O3/c1-31-13-15-33(16-14-31)24-21(27)3-2-4-22(24)30-26(36)29-17-23(34)32-11-9-19(10-12-32)25(35)18-5-7-20(28)8-6-18/h2-8,19H,9-17H2,1H3. The van der Waals surface area contributed by atoms with E-state index in [9.17, 15) is 18.8 Å². The second kappa shape index (κ2) is 11.7. The molecule has 2 aromatic carbocycles. The Bertz CT molecular complexity index is 1100. The number of hydrogen-bond donors (Lipinski definition) is 0. The average Bonchev–Trinajstić information content (AvgIpc) is 2.88. The third-order valence-electron chi connectivity index (χ3n) is 6.70. The van der Waals surface area contributed by atoms with Gasteiger partial charge in [0.25, 0.3) is 0 Å². The molecule has 3 amide bonds. The molecule has 4 rings (SSSR count). The number of rotatable bonds is 6. The number of likely N-dealkylation sites (tertiary alicyclic amines) is 1. The number of urea groups is 1. The molecule has 2 radical (unpaired) electrons. The van der Waals surface area contributed by atoms with Gasteiger partial charge in [-0.3, -0.25) is 9.59 Å². The van der Waals surface area contributed by atoms with Crippen molar-refractivity contribution < 1.29 is 18.8 Å². The fraction of sp³-hybridized carbons (Fsp3) is 0.423. The molecule has 2 heterocycles. The lowest BCUT2D eigenvalue weighted by atomic mass is 9.89. The summed E-state index contributed by atoms with van der Waals surface area (Å²) in [5.74, 6) is -0.929. The van der Waals surface area contributed by atoms with Crippen LogP contribution >= 0.6 is 11.6 Å². The minimum absolute atomic E-state index is 0.0431. The molecule has 36 heavy (non-hydrogen) atoms. The predicted molar refractivity (Wildman–Crippen MR) is 135 cm³/mol. The van der Waals surface area contributed by atoms with Gasteiger partial charge in [0.1, 0.15) is 12.4 Å². The molecule has 0 atom stereocenters. The van der Waals surface area contributed by atoms with Crippen LogP contribution in [0.15, 0.2) is 42.5 Å². The zero-order chi connectivity index (χ0) is 25.7. The summed E-state index contributed by atoms with van der Waals surface area (Å²) in [4.78, 5) is 43.7. The molecule has 2 aliphatic rings. The van der Waals surface area contributed by atoms with E-state index in [1.807, 2.05) is 0 Å². The number of ketones is 1. The number of amides is 3. The number of benzene rings is 2. The molecule has 0 saturated carbocycles. The van der Waals surface area contributed by atoms with E-state index in [1.165, 1.54) is 24.3 Å². The lowest BCUT2D eigenvalue weighted by molar-refractivity contribution is -0.131. The van der Waals surface area contributed by atoms with Gasteiger partial charge in [0.05, 0.1) is 16.4 Å². The van der Waals surface area contributed by atoms with Gasteiger partial charge in [0.2, 0.25) is 5.91 Å². The van der Waals surface area contributed by atoms with Crippen molar-refractivity contribution in [2.45, 2.75) is 12.8 Å². The molecule has 8 nitrogen and oxygen atoms in total. The molecule has 0 bridgehead atoms. The number of carbonyl (C=O) groups is 3. The molecular weight excluding hydrogens is 485 g/mol. The van der Waals surface area contributed by atoms with Crippen molar-refractivity contribution >= 4 is 40.7 Å². The van der Waals surface area contributed by atoms with E-state index in [2.05, 4.69) is 27.5 Å². The predicted octanol–water partition coefficient (Wildman–Crippen LogP) is 3.31. The molecule has 190 valence electrons. The zero-order valence-electron chi connectivity index (χ0n) is 20.2. The van der Waals surface area contributed by atoms with Gasteiger partial charge in [0.15, 0.2) is 5.78 Å². The van der Waals surface area contributed by atoms with E-state index in [1.54, 1.807) is 23.1 Å². The van der Waals surface area contributed by atoms with Crippen LogP contribution in [0, 0.1) is 11.7 Å². The first kappa shape index (κ1) is 25.9. The van der Waals surface area contributed by atoms with Crippen LogP contribution in [0.25, 0.3) is 0 Å². The van der Waals surface area contributed by atoms with Crippen LogP contribution in [-0.4, -0.2) is 80.4 Å². The molecule has 0 aliphatic carbocycles. The molecule has 2 saturated heterocycles. The molecule has 0 spiro atoms. The summed E-state index contributed by atoms with van der Waals surface area (Å²) in [5.41, 5.74) is 1.61. The lowest BCUT2D eigenvalue weighted by Crippen LogP contribution is -2.45. The maximum absolute atomic E-state index is 13.1. The van der Waals surface area contributed by atoms with Gasteiger partial charge < -0.3 is 14.7 Å². The van der Waals surface area contributed by atoms with E-state index < -0.39 is 6.03 Å². The molecule has 0 aromatic heterocycles. The number of Topliss-reactive ketones (excluding diaryl/α,β-unsaturated/α-hetero) is 1. The fourth-order valence-corrected chi connectivity index (χ4v) is 4.84. The van der Waals surface area contributed by atoms with Crippen LogP contribution in [0.2, 0.25) is 5.02 Å². The fourth-order valence-electron chi connectivity index (χ4n) is 4.55. The summed E-state index contributed by atoms with van der Waals surface area (Å²) in [7, 11) is 2.06. The quantitative estimate of drug-likeness (QED) is 0.553. The van der Waals surface area contributed by atoms with Gasteiger partial charge in [-0.05, 0) is 56.3 Å². The third kappa shape index (κ3) is 6.33. The van der Waals surface area contributed by atoms with Crippen LogP contribution in [0.5, 0.6) is 0 Å². The number of para-hydroxylation sites is 1. The Kier molecular flexibility index (Phi) is 8.43. The molecule has 2 aromatic rings. The van der Waals surface area contributed by atoms with Gasteiger partial charge in [-0.1, -0.05) is 17.7 Å². The van der Waals surface area contributed by atoms with Crippen LogP contribution in [0.4, 0.5) is 20.6 Å². The number of carbonyl (C=O) groups excluding carboxylic acids is 3. The van der Waals surface area contributed by atoms with Crippen LogP contribution in [0.3, 0.4) is 0 Å². The van der Waals surface area contributed by atoms with Crippen molar-refractivity contribution in [2.24, 2.45) is 5.92 Å². The number of likely N-dealkylation sites (N-methyl/N-ethyl adjacent to an activating group) is 1. The monoisotopic (exact) mass is 513 g/mol. The number of anilines is 1. The van der Waals surface area contributed by atoms with E-state index in [0.717, 1.165) is 26.2 Å². The molecule has 2 aliphatic heterocycles. The highest BCUT2D eigenvalue weighted by molar-refractivity contribution is 6.34. The van der Waals surface area contributed by atoms with Gasteiger partial charge in [-0.2, -0.15) is 5.32 Å². The lowest BCUT2D eigenvalue weighted by Gasteiger charge is -2.35. The van der Waals surface area contributed by atoms with E-state index >= 15 is 0 Å². The first-order valence-corrected chi connectivity index (χ1v) is 12.4. The second-order valence-electron chi connectivity index (χ2n) is 9.13. The molecular formula is C26H29ClFN5O3. The third-order valence-corrected chi connectivity index (χ3v) is 7.00. The van der Waals surface area contributed by atoms with Crippen molar-refractivity contribution in [3.8, 4) is 0 Å². The summed E-state index contributed by atoms with van der Waals surface area (Å²) in [6, 6.07) is 10.00. The first-order valence-electron chi connectivity index (χ1n) is 12.0. The summed E-state index contributed by atoms with van der Waals surface area (Å²) >= 11 is 6.43. The Balaban J connectivity index is 1.26. The topological polar surface area (TPSA) is 89.1 Å². The summed E-state index contributed by atoms with van der Waals surface area (Å²) in [5, 5.41) is 8.50. The Morgan fingerprint density at radius 1 is 0.972 bits per heavy atom. The van der Waals surface area contributed by atoms with Gasteiger partial charge >= 0.3 is 6.03 Å². The molecule has 10 heteroatoms. The van der Waals surface area contributed by atoms with Crippen molar-refractivity contribution in [1.82, 2.24) is 20.4 Å². The highest BCUT2D eigenvalue weighted by Gasteiger charge is 2.28. The maximum atomic E-state index is 13.1. The SMILES string of the molecule is CN1CCN(c2c(Cl)cccc2[N]C(=O)[N]CC(=O)N2CCC(C(=O)c3ccc(F)cc3)CC2)CC1. The number of piperazine rings is 1. The van der Waals surface area contributed by atoms with Crippen molar-refractivity contribution in [1.29, 1.82) is 0 Å². The number of nitrogens with zero attached hydrogens (tertiary/aromatic N) is 5. The van der Waals surface area contributed by atoms with Crippen molar-refractivity contribution in [2.75, 3.05) is 57.8 Å². The minimum atomic E-state index is -0.734. The van der Waals surface area contributed by atoms with E-state index in [4.69, 9.17) is 11.6 Å². The minimum Gasteiger partial charge on any atom is -0.366 e. The zero-order valence-corrected chi connectivity index (χ0v) is 21.0. The van der Waals surface area contributed by atoms with Crippen molar-refractivity contribution in [3.63, 3.8) is 0 Å². The van der Waals surface area contributed by atoms with Gasteiger partial charge in [-0.15, -0.1) is 0 Å². The highest BCUT2D eigenvalue weighted by Crippen LogP contribution is 2.34. The number of halogens is 2.